The molecule has 1 saturated carbocycles. The van der Waals surface area contributed by atoms with E-state index in [4.69, 9.17) is 5.73 Å². The molecule has 2 atom stereocenters. The van der Waals surface area contributed by atoms with E-state index in [-0.39, 0.29) is 11.9 Å². The van der Waals surface area contributed by atoms with E-state index in [1.165, 1.54) is 19.3 Å². The first-order valence-corrected chi connectivity index (χ1v) is 6.58. The van der Waals surface area contributed by atoms with Gasteiger partial charge in [0.15, 0.2) is 0 Å². The maximum Gasteiger partial charge on any atom is 0.240 e. The zero-order valence-electron chi connectivity index (χ0n) is 10.9. The molecule has 2 unspecified atom stereocenters. The minimum atomic E-state index is -0.654. The van der Waals surface area contributed by atoms with Gasteiger partial charge in [0, 0.05) is 6.04 Å². The molecule has 1 rings (SSSR count). The van der Waals surface area contributed by atoms with Gasteiger partial charge in [-0.2, -0.15) is 0 Å². The highest BCUT2D eigenvalue weighted by molar-refractivity contribution is 5.86. The molecule has 0 radical (unpaired) electrons. The van der Waals surface area contributed by atoms with Gasteiger partial charge in [0.25, 0.3) is 0 Å². The number of hydrogen-bond donors (Lipinski definition) is 2. The van der Waals surface area contributed by atoms with Crippen LogP contribution in [0.15, 0.2) is 0 Å². The highest BCUT2D eigenvalue weighted by atomic mass is 16.2. The lowest BCUT2D eigenvalue weighted by atomic mass is 9.95. The Hall–Kier alpha value is -0.570. The standard InChI is InChI=1S/C13H26N2O/c1-4-5-6-7-10(2)15-12(16)13(3,14)11-8-9-11/h10-11H,4-9,14H2,1-3H3,(H,15,16). The largest absolute Gasteiger partial charge is 0.352 e. The van der Waals surface area contributed by atoms with Gasteiger partial charge in [0.05, 0.1) is 5.54 Å². The lowest BCUT2D eigenvalue weighted by Crippen LogP contribution is -2.55. The number of nitrogens with two attached hydrogens (primary N) is 1. The van der Waals surface area contributed by atoms with Crippen LogP contribution in [0.5, 0.6) is 0 Å². The van der Waals surface area contributed by atoms with Crippen LogP contribution < -0.4 is 11.1 Å². The normalized spacial score (nSPS) is 21.2. The van der Waals surface area contributed by atoms with Gasteiger partial charge in [0.1, 0.15) is 0 Å². The predicted molar refractivity (Wildman–Crippen MR) is 67.1 cm³/mol. The van der Waals surface area contributed by atoms with Gasteiger partial charge in [-0.15, -0.1) is 0 Å². The van der Waals surface area contributed by atoms with Gasteiger partial charge in [-0.3, -0.25) is 4.79 Å². The molecule has 0 spiro atoms. The second-order valence-corrected chi connectivity index (χ2v) is 5.43. The molecule has 0 aliphatic heterocycles. The average Bonchev–Trinajstić information content (AvgIpc) is 3.01. The summed E-state index contributed by atoms with van der Waals surface area (Å²) >= 11 is 0. The summed E-state index contributed by atoms with van der Waals surface area (Å²) in [5.74, 6) is 0.425. The molecule has 1 fully saturated rings. The summed E-state index contributed by atoms with van der Waals surface area (Å²) in [6.07, 6.45) is 6.90. The third kappa shape index (κ3) is 3.78. The number of nitrogens with one attached hydrogen (secondary N) is 1. The van der Waals surface area contributed by atoms with E-state index in [1.54, 1.807) is 0 Å². The maximum atomic E-state index is 12.0. The van der Waals surface area contributed by atoms with E-state index < -0.39 is 5.54 Å². The molecule has 1 aliphatic carbocycles. The fourth-order valence-corrected chi connectivity index (χ4v) is 2.02. The zero-order valence-corrected chi connectivity index (χ0v) is 10.9. The number of hydrogen-bond acceptors (Lipinski definition) is 2. The van der Waals surface area contributed by atoms with E-state index in [2.05, 4.69) is 19.2 Å². The Kier molecular flexibility index (Phi) is 4.78. The molecule has 0 heterocycles. The number of unbranched alkanes of at least 4 members (excludes halogenated alkanes) is 2. The maximum absolute atomic E-state index is 12.0. The number of rotatable bonds is 7. The van der Waals surface area contributed by atoms with Crippen LogP contribution in [0.1, 0.15) is 59.3 Å². The Balaban J connectivity index is 2.27. The molecule has 0 aromatic carbocycles. The van der Waals surface area contributed by atoms with Crippen molar-refractivity contribution in [3.8, 4) is 0 Å². The van der Waals surface area contributed by atoms with Gasteiger partial charge in [-0.1, -0.05) is 26.2 Å². The Morgan fingerprint density at radius 2 is 2.12 bits per heavy atom. The van der Waals surface area contributed by atoms with E-state index in [0.29, 0.717) is 5.92 Å². The lowest BCUT2D eigenvalue weighted by molar-refractivity contribution is -0.127. The van der Waals surface area contributed by atoms with Crippen LogP contribution in [-0.4, -0.2) is 17.5 Å². The summed E-state index contributed by atoms with van der Waals surface area (Å²) in [5, 5.41) is 3.04. The van der Waals surface area contributed by atoms with E-state index in [1.807, 2.05) is 6.92 Å². The molecular weight excluding hydrogens is 200 g/mol. The molecule has 0 saturated heterocycles. The Morgan fingerprint density at radius 3 is 2.62 bits per heavy atom. The molecule has 3 heteroatoms. The monoisotopic (exact) mass is 226 g/mol. The minimum absolute atomic E-state index is 0.0269. The van der Waals surface area contributed by atoms with Crippen LogP contribution >= 0.6 is 0 Å². The van der Waals surface area contributed by atoms with Crippen LogP contribution in [0, 0.1) is 5.92 Å². The summed E-state index contributed by atoms with van der Waals surface area (Å²) in [5.41, 5.74) is 5.40. The zero-order chi connectivity index (χ0) is 12.2. The van der Waals surface area contributed by atoms with Crippen molar-refractivity contribution < 1.29 is 4.79 Å². The van der Waals surface area contributed by atoms with Crippen molar-refractivity contribution in [2.75, 3.05) is 0 Å². The third-order valence-electron chi connectivity index (χ3n) is 3.53. The third-order valence-corrected chi connectivity index (χ3v) is 3.53. The van der Waals surface area contributed by atoms with Crippen molar-refractivity contribution in [3.05, 3.63) is 0 Å². The van der Waals surface area contributed by atoms with Gasteiger partial charge in [-0.05, 0) is 39.0 Å². The number of carbonyl (C=O) groups is 1. The fraction of sp³-hybridized carbons (Fsp3) is 0.923. The van der Waals surface area contributed by atoms with Crippen LogP contribution in [0.4, 0.5) is 0 Å². The lowest BCUT2D eigenvalue weighted by Gasteiger charge is -2.25. The first kappa shape index (κ1) is 13.5. The molecular formula is C13H26N2O. The Bertz CT molecular complexity index is 234. The molecule has 1 aliphatic rings. The van der Waals surface area contributed by atoms with Crippen molar-refractivity contribution in [1.29, 1.82) is 0 Å². The highest BCUT2D eigenvalue weighted by Crippen LogP contribution is 2.38. The van der Waals surface area contributed by atoms with E-state index in [0.717, 1.165) is 19.3 Å². The van der Waals surface area contributed by atoms with E-state index >= 15 is 0 Å². The minimum Gasteiger partial charge on any atom is -0.352 e. The molecule has 0 aromatic heterocycles. The van der Waals surface area contributed by atoms with Crippen LogP contribution in [0.25, 0.3) is 0 Å². The molecule has 3 N–H and O–H groups in total. The number of amides is 1. The molecule has 3 nitrogen and oxygen atoms in total. The topological polar surface area (TPSA) is 55.1 Å². The summed E-state index contributed by atoms with van der Waals surface area (Å²) in [6.45, 7) is 6.11. The molecule has 94 valence electrons. The predicted octanol–water partition coefficient (Wildman–Crippen LogP) is 2.20. The van der Waals surface area contributed by atoms with Crippen molar-refractivity contribution in [2.24, 2.45) is 11.7 Å². The quantitative estimate of drug-likeness (QED) is 0.654. The van der Waals surface area contributed by atoms with Gasteiger partial charge < -0.3 is 11.1 Å². The van der Waals surface area contributed by atoms with Crippen molar-refractivity contribution >= 4 is 5.91 Å². The second kappa shape index (κ2) is 5.67. The molecule has 0 bridgehead atoms. The summed E-state index contributed by atoms with van der Waals surface area (Å²) in [4.78, 5) is 12.0. The molecule has 16 heavy (non-hydrogen) atoms. The van der Waals surface area contributed by atoms with Gasteiger partial charge >= 0.3 is 0 Å². The number of carbonyl (C=O) groups excluding carboxylic acids is 1. The van der Waals surface area contributed by atoms with Gasteiger partial charge in [-0.25, -0.2) is 0 Å². The van der Waals surface area contributed by atoms with Crippen molar-refractivity contribution in [3.63, 3.8) is 0 Å². The Labute approximate surface area is 99.2 Å². The molecule has 1 amide bonds. The second-order valence-electron chi connectivity index (χ2n) is 5.43. The highest BCUT2D eigenvalue weighted by Gasteiger charge is 2.44. The van der Waals surface area contributed by atoms with Crippen molar-refractivity contribution in [1.82, 2.24) is 5.32 Å². The first-order valence-electron chi connectivity index (χ1n) is 6.58. The summed E-state index contributed by atoms with van der Waals surface area (Å²) in [7, 11) is 0. The van der Waals surface area contributed by atoms with Crippen LogP contribution in [0.2, 0.25) is 0 Å². The fourth-order valence-electron chi connectivity index (χ4n) is 2.02. The summed E-state index contributed by atoms with van der Waals surface area (Å²) in [6, 6.07) is 0.251. The first-order chi connectivity index (χ1) is 7.48. The van der Waals surface area contributed by atoms with Crippen LogP contribution in [-0.2, 0) is 4.79 Å². The SMILES string of the molecule is CCCCCC(C)NC(=O)C(C)(N)C1CC1. The van der Waals surface area contributed by atoms with E-state index in [9.17, 15) is 4.79 Å². The van der Waals surface area contributed by atoms with Gasteiger partial charge in [0.2, 0.25) is 5.91 Å². The smallest absolute Gasteiger partial charge is 0.240 e. The average molecular weight is 226 g/mol. The Morgan fingerprint density at radius 1 is 1.50 bits per heavy atom. The van der Waals surface area contributed by atoms with Crippen molar-refractivity contribution in [2.45, 2.75) is 70.9 Å². The summed E-state index contributed by atoms with van der Waals surface area (Å²) < 4.78 is 0. The molecule has 0 aromatic rings. The van der Waals surface area contributed by atoms with Crippen LogP contribution in [0.3, 0.4) is 0 Å².